The summed E-state index contributed by atoms with van der Waals surface area (Å²) in [6, 6.07) is -0.741. The number of carboxylic acids is 1. The molecule has 0 radical (unpaired) electrons. The topological polar surface area (TPSA) is 102 Å². The molecule has 0 aliphatic rings. The molecule has 8 nitrogen and oxygen atoms in total. The van der Waals surface area contributed by atoms with Gasteiger partial charge in [0, 0.05) is 19.3 Å². The quantitative estimate of drug-likeness (QED) is 0.0199. The second-order valence-corrected chi connectivity index (χ2v) is 16.7. The van der Waals surface area contributed by atoms with Gasteiger partial charge in [-0.3, -0.25) is 9.59 Å². The molecular weight excluding hydrogens is 739 g/mol. The first kappa shape index (κ1) is 55.8. The average Bonchev–Trinajstić information content (AvgIpc) is 3.19. The van der Waals surface area contributed by atoms with Crippen LogP contribution in [-0.2, 0) is 28.6 Å². The van der Waals surface area contributed by atoms with Crippen LogP contribution >= 0.6 is 0 Å². The van der Waals surface area contributed by atoms with E-state index in [0.717, 1.165) is 64.2 Å². The van der Waals surface area contributed by atoms with Crippen molar-refractivity contribution in [3.8, 4) is 0 Å². The Labute approximate surface area is 361 Å². The molecule has 0 aliphatic heterocycles. The highest BCUT2D eigenvalue weighted by Crippen LogP contribution is 2.12. The minimum Gasteiger partial charge on any atom is -0.544 e. The molecule has 0 heterocycles. The van der Waals surface area contributed by atoms with Crippen molar-refractivity contribution in [3.05, 3.63) is 72.9 Å². The Bertz CT molecular complexity index is 1190. The summed E-state index contributed by atoms with van der Waals surface area (Å²) in [5, 5.41) is 11.6. The molecule has 338 valence electrons. The van der Waals surface area contributed by atoms with Crippen molar-refractivity contribution in [2.24, 2.45) is 0 Å². The molecule has 0 saturated heterocycles. The summed E-state index contributed by atoms with van der Waals surface area (Å²) < 4.78 is 17.1. The summed E-state index contributed by atoms with van der Waals surface area (Å²) in [5.74, 6) is -1.83. The number of rotatable bonds is 41. The van der Waals surface area contributed by atoms with E-state index in [0.29, 0.717) is 12.8 Å². The summed E-state index contributed by atoms with van der Waals surface area (Å²) in [6.07, 6.45) is 52.2. The summed E-state index contributed by atoms with van der Waals surface area (Å²) in [6.45, 7) is 4.56. The van der Waals surface area contributed by atoms with Crippen molar-refractivity contribution in [1.29, 1.82) is 0 Å². The Morgan fingerprint density at radius 1 is 0.525 bits per heavy atom. The van der Waals surface area contributed by atoms with E-state index in [1.165, 1.54) is 77.0 Å². The zero-order valence-corrected chi connectivity index (χ0v) is 38.4. The molecule has 0 saturated carbocycles. The first-order valence-electron chi connectivity index (χ1n) is 23.5. The number of allylic oxidation sites excluding steroid dienone is 12. The van der Waals surface area contributed by atoms with Crippen molar-refractivity contribution < 1.29 is 38.2 Å². The molecule has 0 spiro atoms. The largest absolute Gasteiger partial charge is 0.544 e. The second-order valence-electron chi connectivity index (χ2n) is 16.7. The number of carboxylic acid groups (broad SMARTS) is 1. The number of nitrogens with zero attached hydrogens (tertiary/aromatic N) is 1. The summed E-state index contributed by atoms with van der Waals surface area (Å²) in [5.41, 5.74) is 0. The van der Waals surface area contributed by atoms with E-state index < -0.39 is 18.1 Å². The van der Waals surface area contributed by atoms with Gasteiger partial charge < -0.3 is 28.6 Å². The van der Waals surface area contributed by atoms with Gasteiger partial charge in [0.05, 0.1) is 40.3 Å². The number of quaternary nitrogens is 1. The van der Waals surface area contributed by atoms with Gasteiger partial charge in [-0.2, -0.15) is 0 Å². The SMILES string of the molecule is CCCCCCC/C=C/C=C/C=C/CCCCCCCC(=O)OCC(COCCC(C(=O)[O-])[N+](C)(C)C)OC(=O)CCC/C=C/C/C=C/C/C=C/CCCCCCCC. The van der Waals surface area contributed by atoms with Gasteiger partial charge in [0.2, 0.25) is 0 Å². The van der Waals surface area contributed by atoms with Gasteiger partial charge in [0.15, 0.2) is 6.10 Å². The van der Waals surface area contributed by atoms with Crippen molar-refractivity contribution in [2.75, 3.05) is 41.0 Å². The van der Waals surface area contributed by atoms with Crippen LogP contribution in [0.2, 0.25) is 0 Å². The van der Waals surface area contributed by atoms with Crippen molar-refractivity contribution in [1.82, 2.24) is 0 Å². The maximum Gasteiger partial charge on any atom is 0.306 e. The van der Waals surface area contributed by atoms with E-state index >= 15 is 0 Å². The number of hydrogen-bond acceptors (Lipinski definition) is 7. The van der Waals surface area contributed by atoms with Crippen molar-refractivity contribution in [2.45, 2.75) is 193 Å². The molecule has 8 heteroatoms. The molecule has 0 fully saturated rings. The van der Waals surface area contributed by atoms with Crippen LogP contribution < -0.4 is 5.11 Å². The van der Waals surface area contributed by atoms with Gasteiger partial charge in [-0.1, -0.05) is 164 Å². The number of hydrogen-bond donors (Lipinski definition) is 0. The lowest BCUT2D eigenvalue weighted by molar-refractivity contribution is -0.889. The number of likely N-dealkylation sites (N-methyl/N-ethyl adjacent to an activating group) is 1. The minimum absolute atomic E-state index is 0.0105. The zero-order chi connectivity index (χ0) is 43.5. The lowest BCUT2D eigenvalue weighted by Gasteiger charge is -2.34. The third-order valence-corrected chi connectivity index (χ3v) is 10.1. The molecule has 59 heavy (non-hydrogen) atoms. The first-order valence-corrected chi connectivity index (χ1v) is 23.5. The Morgan fingerprint density at radius 2 is 0.983 bits per heavy atom. The number of aliphatic carboxylic acids is 1. The summed E-state index contributed by atoms with van der Waals surface area (Å²) in [7, 11) is 5.38. The predicted octanol–water partition coefficient (Wildman–Crippen LogP) is 11.8. The van der Waals surface area contributed by atoms with Gasteiger partial charge in [-0.05, 0) is 70.6 Å². The second kappa shape index (κ2) is 41.5. The van der Waals surface area contributed by atoms with Crippen LogP contribution in [0, 0.1) is 0 Å². The van der Waals surface area contributed by atoms with E-state index in [4.69, 9.17) is 14.2 Å². The van der Waals surface area contributed by atoms with E-state index in [1.54, 1.807) is 21.1 Å². The van der Waals surface area contributed by atoms with Crippen LogP contribution in [0.4, 0.5) is 0 Å². The summed E-state index contributed by atoms with van der Waals surface area (Å²) >= 11 is 0. The average molecular weight is 826 g/mol. The monoisotopic (exact) mass is 826 g/mol. The fourth-order valence-corrected chi connectivity index (χ4v) is 6.44. The molecule has 0 aliphatic carbocycles. The highest BCUT2D eigenvalue weighted by molar-refractivity contribution is 5.70. The number of carbonyl (C=O) groups is 3. The van der Waals surface area contributed by atoms with E-state index in [-0.39, 0.29) is 49.1 Å². The molecule has 0 aromatic rings. The number of ether oxygens (including phenoxy) is 3. The minimum atomic E-state index is -1.14. The van der Waals surface area contributed by atoms with Gasteiger partial charge >= 0.3 is 11.9 Å². The highest BCUT2D eigenvalue weighted by atomic mass is 16.6. The van der Waals surface area contributed by atoms with Gasteiger partial charge in [-0.25, -0.2) is 0 Å². The molecule has 0 aromatic heterocycles. The van der Waals surface area contributed by atoms with Crippen molar-refractivity contribution >= 4 is 17.9 Å². The first-order chi connectivity index (χ1) is 28.6. The summed E-state index contributed by atoms with van der Waals surface area (Å²) in [4.78, 5) is 36.9. The molecular formula is C51H87NO7. The molecule has 0 amide bonds. The van der Waals surface area contributed by atoms with Crippen LogP contribution in [-0.4, -0.2) is 75.5 Å². The van der Waals surface area contributed by atoms with E-state index in [2.05, 4.69) is 86.8 Å². The Kier molecular flexibility index (Phi) is 39.2. The molecule has 0 bridgehead atoms. The normalized spacial score (nSPS) is 13.6. The lowest BCUT2D eigenvalue weighted by atomic mass is 10.1. The maximum absolute atomic E-state index is 12.7. The molecule has 0 N–H and O–H groups in total. The van der Waals surface area contributed by atoms with Crippen LogP contribution in [0.3, 0.4) is 0 Å². The standard InChI is InChI=1S/C51H87NO7/c1-6-8-10-12-14-16-18-20-22-24-26-27-29-31-33-35-37-39-41-49(53)58-46-47(45-57-44-43-48(51(55)56)52(3,4)5)59-50(54)42-40-38-36-34-32-30-28-25-23-21-19-17-15-13-11-9-7-2/h18,20-24,26-28,30,34,36,47-48H,6-17,19,25,29,31-33,35,37-46H2,1-5H3/b20-18+,23-21+,24-22+,27-26+,30-28+,36-34+. The highest BCUT2D eigenvalue weighted by Gasteiger charge is 2.25. The van der Waals surface area contributed by atoms with Gasteiger partial charge in [0.1, 0.15) is 12.6 Å². The van der Waals surface area contributed by atoms with Gasteiger partial charge in [-0.15, -0.1) is 0 Å². The lowest BCUT2D eigenvalue weighted by Crippen LogP contribution is -2.55. The van der Waals surface area contributed by atoms with Crippen molar-refractivity contribution in [3.63, 3.8) is 0 Å². The van der Waals surface area contributed by atoms with Crippen LogP contribution in [0.25, 0.3) is 0 Å². The fraction of sp³-hybridized carbons (Fsp3) is 0.706. The van der Waals surface area contributed by atoms with E-state index in [1.807, 2.05) is 0 Å². The Balaban J connectivity index is 4.45. The molecule has 0 rings (SSSR count). The number of esters is 2. The molecule has 2 unspecified atom stereocenters. The Morgan fingerprint density at radius 3 is 1.51 bits per heavy atom. The number of unbranched alkanes of at least 4 members (excludes halogenated alkanes) is 17. The Hall–Kier alpha value is -3.23. The third-order valence-electron chi connectivity index (χ3n) is 10.1. The van der Waals surface area contributed by atoms with Crippen LogP contribution in [0.5, 0.6) is 0 Å². The van der Waals surface area contributed by atoms with Crippen LogP contribution in [0.15, 0.2) is 72.9 Å². The molecule has 0 aromatic carbocycles. The smallest absolute Gasteiger partial charge is 0.306 e. The third kappa shape index (κ3) is 40.0. The fourth-order valence-electron chi connectivity index (χ4n) is 6.44. The number of carbonyl (C=O) groups excluding carboxylic acids is 3. The molecule has 2 atom stereocenters. The van der Waals surface area contributed by atoms with E-state index in [9.17, 15) is 19.5 Å². The zero-order valence-electron chi connectivity index (χ0n) is 38.4. The van der Waals surface area contributed by atoms with Gasteiger partial charge in [0.25, 0.3) is 0 Å². The predicted molar refractivity (Wildman–Crippen MR) is 245 cm³/mol. The van der Waals surface area contributed by atoms with Crippen LogP contribution in [0.1, 0.15) is 181 Å². The maximum atomic E-state index is 12.7.